The molecule has 1 aromatic carbocycles. The lowest BCUT2D eigenvalue weighted by molar-refractivity contribution is 0.101. The third-order valence-electron chi connectivity index (χ3n) is 3.12. The summed E-state index contributed by atoms with van der Waals surface area (Å²) in [4.78, 5) is 14.5. The lowest BCUT2D eigenvalue weighted by Gasteiger charge is -2.12. The van der Waals surface area contributed by atoms with Gasteiger partial charge in [-0.1, -0.05) is 12.1 Å². The molecule has 0 spiro atoms. The van der Waals surface area contributed by atoms with Crippen LogP contribution in [0, 0.1) is 0 Å². The lowest BCUT2D eigenvalue weighted by Crippen LogP contribution is -2.17. The number of anilines is 1. The molecule has 0 saturated carbocycles. The summed E-state index contributed by atoms with van der Waals surface area (Å²) in [6.07, 6.45) is 1.91. The number of hydrogen-bond donors (Lipinski definition) is 1. The molecule has 0 bridgehead atoms. The SMILES string of the molecule is CCn1cc(Br)cc1C(=O)Nc1cccc(CN(C)C)c1. The Labute approximate surface area is 133 Å². The van der Waals surface area contributed by atoms with Crippen LogP contribution in [0.4, 0.5) is 5.69 Å². The number of carbonyl (C=O) groups excluding carboxylic acids is 1. The van der Waals surface area contributed by atoms with Crippen molar-refractivity contribution in [2.75, 3.05) is 19.4 Å². The van der Waals surface area contributed by atoms with Gasteiger partial charge >= 0.3 is 0 Å². The van der Waals surface area contributed by atoms with Crippen molar-refractivity contribution >= 4 is 27.5 Å². The van der Waals surface area contributed by atoms with Gasteiger partial charge in [0.15, 0.2) is 0 Å². The Bertz CT molecular complexity index is 634. The average Bonchev–Trinajstić information content (AvgIpc) is 2.79. The molecule has 112 valence electrons. The van der Waals surface area contributed by atoms with Gasteiger partial charge in [-0.3, -0.25) is 4.79 Å². The Morgan fingerprint density at radius 2 is 2.10 bits per heavy atom. The molecule has 0 fully saturated rings. The fourth-order valence-electron chi connectivity index (χ4n) is 2.23. The second-order valence-corrected chi connectivity index (χ2v) is 6.14. The Morgan fingerprint density at radius 1 is 1.33 bits per heavy atom. The van der Waals surface area contributed by atoms with E-state index >= 15 is 0 Å². The molecule has 0 unspecified atom stereocenters. The minimum Gasteiger partial charge on any atom is -0.343 e. The highest BCUT2D eigenvalue weighted by Crippen LogP contribution is 2.18. The number of amides is 1. The van der Waals surface area contributed by atoms with Crippen molar-refractivity contribution in [2.45, 2.75) is 20.0 Å². The van der Waals surface area contributed by atoms with Crippen molar-refractivity contribution in [3.05, 3.63) is 52.3 Å². The van der Waals surface area contributed by atoms with E-state index < -0.39 is 0 Å². The van der Waals surface area contributed by atoms with E-state index in [2.05, 4.69) is 32.2 Å². The molecule has 5 heteroatoms. The quantitative estimate of drug-likeness (QED) is 0.895. The first-order chi connectivity index (χ1) is 9.99. The number of carbonyl (C=O) groups is 1. The summed E-state index contributed by atoms with van der Waals surface area (Å²) in [5, 5.41) is 2.96. The first-order valence-electron chi connectivity index (χ1n) is 6.90. The summed E-state index contributed by atoms with van der Waals surface area (Å²) >= 11 is 3.41. The van der Waals surface area contributed by atoms with Crippen LogP contribution in [-0.2, 0) is 13.1 Å². The van der Waals surface area contributed by atoms with Gasteiger partial charge in [-0.2, -0.15) is 0 Å². The van der Waals surface area contributed by atoms with Gasteiger partial charge in [0.1, 0.15) is 5.69 Å². The van der Waals surface area contributed by atoms with Gasteiger partial charge in [-0.15, -0.1) is 0 Å². The number of aryl methyl sites for hydroxylation is 1. The van der Waals surface area contributed by atoms with Gasteiger partial charge in [-0.25, -0.2) is 0 Å². The van der Waals surface area contributed by atoms with Gasteiger partial charge in [0, 0.05) is 29.4 Å². The summed E-state index contributed by atoms with van der Waals surface area (Å²) in [5.41, 5.74) is 2.64. The molecular weight excluding hydrogens is 330 g/mol. The van der Waals surface area contributed by atoms with E-state index in [1.807, 2.05) is 56.0 Å². The standard InChI is InChI=1S/C16H20BrN3O/c1-4-20-11-13(17)9-15(20)16(21)18-14-7-5-6-12(8-14)10-19(2)3/h5-9,11H,4,10H2,1-3H3,(H,18,21). The zero-order valence-electron chi connectivity index (χ0n) is 12.6. The normalized spacial score (nSPS) is 10.9. The molecule has 1 aromatic heterocycles. The second-order valence-electron chi connectivity index (χ2n) is 5.22. The van der Waals surface area contributed by atoms with Crippen molar-refractivity contribution in [3.8, 4) is 0 Å². The highest BCUT2D eigenvalue weighted by molar-refractivity contribution is 9.10. The number of aromatic nitrogens is 1. The zero-order chi connectivity index (χ0) is 15.4. The largest absolute Gasteiger partial charge is 0.343 e. The fraction of sp³-hybridized carbons (Fsp3) is 0.312. The van der Waals surface area contributed by atoms with Crippen LogP contribution in [0.2, 0.25) is 0 Å². The summed E-state index contributed by atoms with van der Waals surface area (Å²) < 4.78 is 2.83. The third kappa shape index (κ3) is 4.19. The fourth-order valence-corrected chi connectivity index (χ4v) is 2.70. The van der Waals surface area contributed by atoms with Crippen LogP contribution in [-0.4, -0.2) is 29.5 Å². The van der Waals surface area contributed by atoms with Gasteiger partial charge < -0.3 is 14.8 Å². The Balaban J connectivity index is 2.15. The van der Waals surface area contributed by atoms with Gasteiger partial charge in [0.2, 0.25) is 0 Å². The van der Waals surface area contributed by atoms with E-state index in [0.717, 1.165) is 23.2 Å². The maximum atomic E-state index is 12.4. The van der Waals surface area contributed by atoms with Crippen LogP contribution < -0.4 is 5.32 Å². The molecule has 0 aliphatic rings. The molecule has 0 aliphatic carbocycles. The van der Waals surface area contributed by atoms with Crippen LogP contribution >= 0.6 is 15.9 Å². The second kappa shape index (κ2) is 6.91. The van der Waals surface area contributed by atoms with Crippen LogP contribution in [0.5, 0.6) is 0 Å². The van der Waals surface area contributed by atoms with E-state index in [9.17, 15) is 4.79 Å². The third-order valence-corrected chi connectivity index (χ3v) is 3.55. The molecule has 4 nitrogen and oxygen atoms in total. The maximum Gasteiger partial charge on any atom is 0.272 e. The Kier molecular flexibility index (Phi) is 5.20. The number of benzene rings is 1. The van der Waals surface area contributed by atoms with Gasteiger partial charge in [0.05, 0.1) is 0 Å². The predicted octanol–water partition coefficient (Wildman–Crippen LogP) is 3.58. The Morgan fingerprint density at radius 3 is 2.76 bits per heavy atom. The summed E-state index contributed by atoms with van der Waals surface area (Å²) in [5.74, 6) is -0.0930. The van der Waals surface area contributed by atoms with E-state index in [4.69, 9.17) is 0 Å². The molecule has 1 heterocycles. The molecule has 0 atom stereocenters. The number of nitrogens with one attached hydrogen (secondary N) is 1. The summed E-state index contributed by atoms with van der Waals surface area (Å²) in [7, 11) is 4.05. The van der Waals surface area contributed by atoms with E-state index in [1.165, 1.54) is 5.56 Å². The molecule has 2 rings (SSSR count). The summed E-state index contributed by atoms with van der Waals surface area (Å²) in [6, 6.07) is 9.77. The van der Waals surface area contributed by atoms with Crippen LogP contribution in [0.25, 0.3) is 0 Å². The minimum atomic E-state index is -0.0930. The molecule has 1 N–H and O–H groups in total. The minimum absolute atomic E-state index is 0.0930. The number of halogens is 1. The molecule has 0 aliphatic heterocycles. The average molecular weight is 350 g/mol. The van der Waals surface area contributed by atoms with E-state index in [-0.39, 0.29) is 5.91 Å². The molecule has 0 radical (unpaired) electrons. The molecule has 1 amide bonds. The number of nitrogens with zero attached hydrogens (tertiary/aromatic N) is 2. The predicted molar refractivity (Wildman–Crippen MR) is 89.6 cm³/mol. The molecule has 2 aromatic rings. The van der Waals surface area contributed by atoms with Crippen molar-refractivity contribution < 1.29 is 4.79 Å². The first-order valence-corrected chi connectivity index (χ1v) is 7.69. The van der Waals surface area contributed by atoms with Crippen molar-refractivity contribution in [2.24, 2.45) is 0 Å². The molecule has 21 heavy (non-hydrogen) atoms. The smallest absolute Gasteiger partial charge is 0.272 e. The highest BCUT2D eigenvalue weighted by Gasteiger charge is 2.12. The summed E-state index contributed by atoms with van der Waals surface area (Å²) in [6.45, 7) is 3.62. The zero-order valence-corrected chi connectivity index (χ0v) is 14.1. The lowest BCUT2D eigenvalue weighted by atomic mass is 10.2. The van der Waals surface area contributed by atoms with Crippen molar-refractivity contribution in [1.82, 2.24) is 9.47 Å². The van der Waals surface area contributed by atoms with Crippen molar-refractivity contribution in [3.63, 3.8) is 0 Å². The van der Waals surface area contributed by atoms with Crippen LogP contribution in [0.15, 0.2) is 41.0 Å². The van der Waals surface area contributed by atoms with Gasteiger partial charge in [0.25, 0.3) is 5.91 Å². The van der Waals surface area contributed by atoms with E-state index in [1.54, 1.807) is 0 Å². The molecule has 0 saturated heterocycles. The van der Waals surface area contributed by atoms with Crippen LogP contribution in [0.1, 0.15) is 23.0 Å². The topological polar surface area (TPSA) is 37.3 Å². The van der Waals surface area contributed by atoms with E-state index in [0.29, 0.717) is 5.69 Å². The number of rotatable bonds is 5. The van der Waals surface area contributed by atoms with Crippen molar-refractivity contribution in [1.29, 1.82) is 0 Å². The molecular formula is C16H20BrN3O. The number of hydrogen-bond acceptors (Lipinski definition) is 2. The van der Waals surface area contributed by atoms with Gasteiger partial charge in [-0.05, 0) is 60.7 Å². The maximum absolute atomic E-state index is 12.4. The Hall–Kier alpha value is -1.59. The first kappa shape index (κ1) is 15.8. The van der Waals surface area contributed by atoms with Crippen LogP contribution in [0.3, 0.4) is 0 Å². The monoisotopic (exact) mass is 349 g/mol. The highest BCUT2D eigenvalue weighted by atomic mass is 79.9.